The first kappa shape index (κ1) is 57.9. The number of quaternary nitrogens is 1. The predicted molar refractivity (Wildman–Crippen MR) is 256 cm³/mol. The average molecular weight is 861 g/mol. The zero-order valence-electron chi connectivity index (χ0n) is 39.4. The lowest BCUT2D eigenvalue weighted by molar-refractivity contribution is -0.870. The van der Waals surface area contributed by atoms with Gasteiger partial charge in [0.25, 0.3) is 7.82 Å². The molecule has 9 heteroatoms. The highest BCUT2D eigenvalue weighted by Gasteiger charge is 2.23. The van der Waals surface area contributed by atoms with Crippen LogP contribution in [0.2, 0.25) is 0 Å². The second-order valence-electron chi connectivity index (χ2n) is 17.4. The van der Waals surface area contributed by atoms with Crippen molar-refractivity contribution in [2.75, 3.05) is 40.9 Å². The zero-order valence-corrected chi connectivity index (χ0v) is 40.3. The third-order valence-corrected chi connectivity index (χ3v) is 11.4. The highest BCUT2D eigenvalue weighted by Crippen LogP contribution is 2.38. The molecule has 0 saturated carbocycles. The second-order valence-corrected chi connectivity index (χ2v) is 18.8. The van der Waals surface area contributed by atoms with Crippen LogP contribution in [0.3, 0.4) is 0 Å². The van der Waals surface area contributed by atoms with Gasteiger partial charge in [0.2, 0.25) is 5.91 Å². The summed E-state index contributed by atoms with van der Waals surface area (Å²) in [5.74, 6) is -0.207. The van der Waals surface area contributed by atoms with Crippen LogP contribution in [0.4, 0.5) is 0 Å². The summed E-state index contributed by atoms with van der Waals surface area (Å²) >= 11 is 0. The number of nitrogens with one attached hydrogen (secondary N) is 1. The van der Waals surface area contributed by atoms with E-state index in [9.17, 15) is 19.4 Å². The molecule has 0 aliphatic rings. The summed E-state index contributed by atoms with van der Waals surface area (Å²) in [4.78, 5) is 25.1. The van der Waals surface area contributed by atoms with E-state index < -0.39 is 20.0 Å². The van der Waals surface area contributed by atoms with Crippen LogP contribution >= 0.6 is 7.82 Å². The summed E-state index contributed by atoms with van der Waals surface area (Å²) in [6.07, 6.45) is 57.4. The van der Waals surface area contributed by atoms with Crippen molar-refractivity contribution in [1.82, 2.24) is 5.32 Å². The molecule has 0 rings (SSSR count). The van der Waals surface area contributed by atoms with Crippen molar-refractivity contribution in [2.24, 2.45) is 0 Å². The fraction of sp³-hybridized carbons (Fsp3) is 0.745. The summed E-state index contributed by atoms with van der Waals surface area (Å²) in [6.45, 7) is 4.41. The number of aliphatic hydroxyl groups is 1. The van der Waals surface area contributed by atoms with Crippen LogP contribution in [-0.4, -0.2) is 68.5 Å². The standard InChI is InChI=1S/C51H93N2O6P/c1-6-8-10-12-13-14-15-16-17-18-19-20-21-22-23-24-25-26-27-28-29-30-31-32-33-34-35-36-37-38-39-41-43-45-51(55)52-49(50(54)44-42-40-11-9-7-2)48-59-60(56,57)58-47-46-53(3,4)5/h8,10,13-14,16-17,19-20,22-23,42,44,49-50,54H,6-7,9,11-12,15,18,21,24-41,43,45-48H2,1-5H3,(H-,52,55,56,57)/b10-8-,14-13-,17-16-,20-19-,23-22-,44-42+. The van der Waals surface area contributed by atoms with Crippen molar-refractivity contribution < 1.29 is 32.9 Å². The number of rotatable bonds is 43. The van der Waals surface area contributed by atoms with Crippen molar-refractivity contribution in [3.8, 4) is 0 Å². The molecule has 0 aromatic carbocycles. The molecule has 3 unspecified atom stereocenters. The lowest BCUT2D eigenvalue weighted by atomic mass is 10.0. The van der Waals surface area contributed by atoms with E-state index in [0.717, 1.165) is 77.0 Å². The minimum absolute atomic E-state index is 0.00349. The number of amides is 1. The van der Waals surface area contributed by atoms with Crippen molar-refractivity contribution in [1.29, 1.82) is 0 Å². The van der Waals surface area contributed by atoms with Crippen LogP contribution in [0.15, 0.2) is 72.9 Å². The number of likely N-dealkylation sites (N-methyl/N-ethyl adjacent to an activating group) is 1. The van der Waals surface area contributed by atoms with E-state index in [-0.39, 0.29) is 19.1 Å². The molecule has 0 aliphatic carbocycles. The molecule has 0 fully saturated rings. The third-order valence-electron chi connectivity index (χ3n) is 10.4. The van der Waals surface area contributed by atoms with Gasteiger partial charge in [-0.05, 0) is 64.2 Å². The number of phosphoric acid groups is 1. The molecule has 0 saturated heterocycles. The van der Waals surface area contributed by atoms with E-state index in [4.69, 9.17) is 9.05 Å². The molecule has 348 valence electrons. The number of aliphatic hydroxyl groups excluding tert-OH is 1. The van der Waals surface area contributed by atoms with E-state index in [2.05, 4.69) is 79.9 Å². The van der Waals surface area contributed by atoms with Crippen LogP contribution in [0.1, 0.15) is 194 Å². The van der Waals surface area contributed by atoms with Crippen molar-refractivity contribution in [3.63, 3.8) is 0 Å². The molecule has 0 radical (unpaired) electrons. The molecule has 0 aliphatic heterocycles. The van der Waals surface area contributed by atoms with Crippen LogP contribution < -0.4 is 10.2 Å². The van der Waals surface area contributed by atoms with Crippen molar-refractivity contribution in [3.05, 3.63) is 72.9 Å². The van der Waals surface area contributed by atoms with Gasteiger partial charge in [-0.25, -0.2) is 0 Å². The van der Waals surface area contributed by atoms with Gasteiger partial charge in [0.15, 0.2) is 0 Å². The van der Waals surface area contributed by atoms with E-state index in [0.29, 0.717) is 17.4 Å². The molecule has 3 atom stereocenters. The summed E-state index contributed by atoms with van der Waals surface area (Å²) in [5, 5.41) is 13.6. The van der Waals surface area contributed by atoms with Gasteiger partial charge in [0.1, 0.15) is 13.2 Å². The Morgan fingerprint density at radius 2 is 1.02 bits per heavy atom. The van der Waals surface area contributed by atoms with E-state index >= 15 is 0 Å². The van der Waals surface area contributed by atoms with Crippen LogP contribution in [0.5, 0.6) is 0 Å². The molecular formula is C51H93N2O6P. The van der Waals surface area contributed by atoms with Crippen LogP contribution in [0, 0.1) is 0 Å². The first-order valence-corrected chi connectivity index (χ1v) is 25.8. The Morgan fingerprint density at radius 1 is 0.600 bits per heavy atom. The molecule has 2 N–H and O–H groups in total. The first-order valence-electron chi connectivity index (χ1n) is 24.3. The Balaban J connectivity index is 3.86. The third kappa shape index (κ3) is 44.0. The zero-order chi connectivity index (χ0) is 44.3. The molecular weight excluding hydrogens is 768 g/mol. The van der Waals surface area contributed by atoms with Gasteiger partial charge in [-0.3, -0.25) is 9.36 Å². The summed E-state index contributed by atoms with van der Waals surface area (Å²) in [6, 6.07) is -0.884. The summed E-state index contributed by atoms with van der Waals surface area (Å²) < 4.78 is 23.0. The number of allylic oxidation sites excluding steroid dienone is 11. The van der Waals surface area contributed by atoms with Gasteiger partial charge < -0.3 is 28.8 Å². The van der Waals surface area contributed by atoms with E-state index in [1.54, 1.807) is 6.08 Å². The molecule has 0 spiro atoms. The molecule has 0 bridgehead atoms. The highest BCUT2D eigenvalue weighted by molar-refractivity contribution is 7.45. The number of carbonyl (C=O) groups is 1. The van der Waals surface area contributed by atoms with Gasteiger partial charge in [-0.1, -0.05) is 196 Å². The number of hydrogen-bond acceptors (Lipinski definition) is 6. The van der Waals surface area contributed by atoms with Gasteiger partial charge in [-0.2, -0.15) is 0 Å². The monoisotopic (exact) mass is 861 g/mol. The minimum atomic E-state index is -4.57. The predicted octanol–water partition coefficient (Wildman–Crippen LogP) is 13.3. The highest BCUT2D eigenvalue weighted by atomic mass is 31.2. The fourth-order valence-electron chi connectivity index (χ4n) is 6.59. The lowest BCUT2D eigenvalue weighted by Gasteiger charge is -2.29. The van der Waals surface area contributed by atoms with Crippen LogP contribution in [-0.2, 0) is 18.4 Å². The Bertz CT molecular complexity index is 1200. The Kier molecular flexibility index (Phi) is 40.8. The van der Waals surface area contributed by atoms with Crippen molar-refractivity contribution >= 4 is 13.7 Å². The quantitative estimate of drug-likeness (QED) is 0.0274. The smallest absolute Gasteiger partial charge is 0.268 e. The number of carbonyl (C=O) groups excluding carboxylic acids is 1. The summed E-state index contributed by atoms with van der Waals surface area (Å²) in [5.41, 5.74) is 0. The Hall–Kier alpha value is -2.06. The number of nitrogens with zero attached hydrogens (tertiary/aromatic N) is 1. The van der Waals surface area contributed by atoms with E-state index in [1.165, 1.54) is 96.3 Å². The normalized spacial score (nSPS) is 14.8. The Labute approximate surface area is 370 Å². The number of phosphoric ester groups is 1. The second kappa shape index (κ2) is 42.3. The SMILES string of the molecule is CC/C=C\C/C=C\C/C=C\C/C=C\C/C=C\CCCCCCCCCCCCCCCCCCCC(=O)NC(COP(=O)([O-])OCC[N+](C)(C)C)C(O)/C=C/CCCCC. The molecule has 0 aromatic rings. The van der Waals surface area contributed by atoms with Gasteiger partial charge in [0, 0.05) is 6.42 Å². The van der Waals surface area contributed by atoms with Gasteiger partial charge >= 0.3 is 0 Å². The van der Waals surface area contributed by atoms with E-state index in [1.807, 2.05) is 27.2 Å². The maximum absolute atomic E-state index is 12.8. The van der Waals surface area contributed by atoms with Crippen LogP contribution in [0.25, 0.3) is 0 Å². The molecule has 60 heavy (non-hydrogen) atoms. The Morgan fingerprint density at radius 3 is 1.48 bits per heavy atom. The maximum Gasteiger partial charge on any atom is 0.268 e. The average Bonchev–Trinajstić information content (AvgIpc) is 3.20. The summed E-state index contributed by atoms with van der Waals surface area (Å²) in [7, 11) is 1.25. The lowest BCUT2D eigenvalue weighted by Crippen LogP contribution is -2.45. The fourth-order valence-corrected chi connectivity index (χ4v) is 7.31. The first-order chi connectivity index (χ1) is 29.0. The molecule has 1 amide bonds. The van der Waals surface area contributed by atoms with Crippen molar-refractivity contribution in [2.45, 2.75) is 206 Å². The minimum Gasteiger partial charge on any atom is -0.756 e. The molecule has 0 heterocycles. The van der Waals surface area contributed by atoms with Gasteiger partial charge in [0.05, 0.1) is 39.9 Å². The number of hydrogen-bond donors (Lipinski definition) is 2. The number of unbranched alkanes of at least 4 members (excludes halogenated alkanes) is 20. The molecule has 0 aromatic heterocycles. The largest absolute Gasteiger partial charge is 0.756 e. The van der Waals surface area contributed by atoms with Gasteiger partial charge in [-0.15, -0.1) is 0 Å². The maximum atomic E-state index is 12.8. The topological polar surface area (TPSA) is 108 Å². The molecule has 8 nitrogen and oxygen atoms in total.